The molecular weight excluding hydrogens is 362 g/mol. The van der Waals surface area contributed by atoms with Gasteiger partial charge in [-0.1, -0.05) is 12.1 Å². The molecule has 1 aliphatic carbocycles. The maximum Gasteiger partial charge on any atom is 0.251 e. The fourth-order valence-corrected chi connectivity index (χ4v) is 4.85. The fourth-order valence-electron chi connectivity index (χ4n) is 4.85. The highest BCUT2D eigenvalue weighted by molar-refractivity contribution is 5.84. The maximum atomic E-state index is 12.5. The number of pyridine rings is 1. The molecule has 1 N–H and O–H groups in total. The average molecular weight is 392 g/mol. The van der Waals surface area contributed by atoms with Crippen LogP contribution in [0.5, 0.6) is 0 Å². The predicted molar refractivity (Wildman–Crippen MR) is 117 cm³/mol. The van der Waals surface area contributed by atoms with Crippen molar-refractivity contribution >= 4 is 16.9 Å². The van der Waals surface area contributed by atoms with Crippen molar-refractivity contribution in [2.75, 3.05) is 31.1 Å². The number of anilines is 1. The number of imidazole rings is 1. The zero-order valence-electron chi connectivity index (χ0n) is 17.4. The maximum absolute atomic E-state index is 12.5. The van der Waals surface area contributed by atoms with Gasteiger partial charge in [-0.3, -0.25) is 9.69 Å². The van der Waals surface area contributed by atoms with Crippen LogP contribution in [0.1, 0.15) is 35.2 Å². The average Bonchev–Trinajstić information content (AvgIpc) is 3.07. The molecule has 3 aromatic rings. The Labute approximate surface area is 171 Å². The van der Waals surface area contributed by atoms with Crippen molar-refractivity contribution in [3.05, 3.63) is 57.1 Å². The minimum atomic E-state index is 0.114. The van der Waals surface area contributed by atoms with Crippen LogP contribution in [-0.4, -0.2) is 45.6 Å². The molecule has 1 saturated heterocycles. The van der Waals surface area contributed by atoms with Gasteiger partial charge in [-0.15, -0.1) is 0 Å². The molecular formula is C23H29N5O. The minimum absolute atomic E-state index is 0.114. The van der Waals surface area contributed by atoms with Crippen molar-refractivity contribution in [2.45, 2.75) is 39.2 Å². The summed E-state index contributed by atoms with van der Waals surface area (Å²) in [7, 11) is 2.08. The third kappa shape index (κ3) is 3.35. The first-order valence-corrected chi connectivity index (χ1v) is 10.7. The van der Waals surface area contributed by atoms with Crippen molar-refractivity contribution in [1.82, 2.24) is 19.4 Å². The smallest absolute Gasteiger partial charge is 0.251 e. The van der Waals surface area contributed by atoms with Gasteiger partial charge in [-0.25, -0.2) is 4.98 Å². The van der Waals surface area contributed by atoms with E-state index in [0.717, 1.165) is 69.0 Å². The van der Waals surface area contributed by atoms with E-state index in [1.54, 1.807) is 0 Å². The lowest BCUT2D eigenvalue weighted by atomic mass is 9.89. The standard InChI is InChI=1S/C23H29N5O/c1-16-14-24-23(26(16)2)28-11-9-27(10-12-28)15-17-7-8-19-18-5-3-4-6-20(18)22(29)25-21(19)13-17/h7-8,13-14H,3-6,9-12,15H2,1-2H3,(H,25,29). The van der Waals surface area contributed by atoms with Gasteiger partial charge < -0.3 is 14.5 Å². The summed E-state index contributed by atoms with van der Waals surface area (Å²) in [6.45, 7) is 7.02. The number of piperazine rings is 1. The van der Waals surface area contributed by atoms with Gasteiger partial charge >= 0.3 is 0 Å². The molecule has 0 radical (unpaired) electrons. The second-order valence-corrected chi connectivity index (χ2v) is 8.52. The van der Waals surface area contributed by atoms with Crippen LogP contribution in [0.2, 0.25) is 0 Å². The monoisotopic (exact) mass is 391 g/mol. The van der Waals surface area contributed by atoms with Crippen LogP contribution in [0, 0.1) is 6.92 Å². The fraction of sp³-hybridized carbons (Fsp3) is 0.478. The number of aromatic nitrogens is 3. The first kappa shape index (κ1) is 18.4. The van der Waals surface area contributed by atoms with Crippen LogP contribution in [0.25, 0.3) is 10.9 Å². The molecule has 29 heavy (non-hydrogen) atoms. The molecule has 5 rings (SSSR count). The zero-order chi connectivity index (χ0) is 20.0. The molecule has 0 bridgehead atoms. The molecule has 0 spiro atoms. The van der Waals surface area contributed by atoms with E-state index in [2.05, 4.69) is 56.5 Å². The third-order valence-electron chi connectivity index (χ3n) is 6.66. The lowest BCUT2D eigenvalue weighted by Gasteiger charge is -2.35. The van der Waals surface area contributed by atoms with Gasteiger partial charge in [-0.05, 0) is 49.8 Å². The summed E-state index contributed by atoms with van der Waals surface area (Å²) < 4.78 is 2.16. The Kier molecular flexibility index (Phi) is 4.66. The van der Waals surface area contributed by atoms with E-state index in [-0.39, 0.29) is 5.56 Å². The number of hydrogen-bond acceptors (Lipinski definition) is 4. The summed E-state index contributed by atoms with van der Waals surface area (Å²) in [5.41, 5.74) is 5.86. The number of nitrogens with zero attached hydrogens (tertiary/aromatic N) is 4. The summed E-state index contributed by atoms with van der Waals surface area (Å²) >= 11 is 0. The SMILES string of the molecule is Cc1cnc(N2CCN(Cc3ccc4c5c(c(=O)[nH]c4c3)CCCC5)CC2)n1C. The Hall–Kier alpha value is -2.60. The van der Waals surface area contributed by atoms with Gasteiger partial charge in [0.2, 0.25) is 5.95 Å². The quantitative estimate of drug-likeness (QED) is 0.746. The summed E-state index contributed by atoms with van der Waals surface area (Å²) in [5.74, 6) is 1.07. The molecule has 0 saturated carbocycles. The van der Waals surface area contributed by atoms with E-state index in [1.807, 2.05) is 6.20 Å². The van der Waals surface area contributed by atoms with E-state index in [1.165, 1.54) is 28.6 Å². The Bertz CT molecular complexity index is 1100. The molecule has 3 heterocycles. The lowest BCUT2D eigenvalue weighted by Crippen LogP contribution is -2.46. The highest BCUT2D eigenvalue weighted by Crippen LogP contribution is 2.26. The number of benzene rings is 1. The van der Waals surface area contributed by atoms with Crippen LogP contribution in [-0.2, 0) is 26.4 Å². The first-order chi connectivity index (χ1) is 14.1. The molecule has 1 aliphatic heterocycles. The summed E-state index contributed by atoms with van der Waals surface area (Å²) in [4.78, 5) is 25.1. The van der Waals surface area contributed by atoms with E-state index in [4.69, 9.17) is 0 Å². The number of aromatic amines is 1. The highest BCUT2D eigenvalue weighted by atomic mass is 16.1. The van der Waals surface area contributed by atoms with Gasteiger partial charge in [-0.2, -0.15) is 0 Å². The Morgan fingerprint density at radius 2 is 1.83 bits per heavy atom. The molecule has 1 aromatic carbocycles. The van der Waals surface area contributed by atoms with Gasteiger partial charge in [0, 0.05) is 61.9 Å². The van der Waals surface area contributed by atoms with Crippen LogP contribution in [0.4, 0.5) is 5.95 Å². The largest absolute Gasteiger partial charge is 0.340 e. The molecule has 0 atom stereocenters. The van der Waals surface area contributed by atoms with Crippen LogP contribution < -0.4 is 10.5 Å². The van der Waals surface area contributed by atoms with Gasteiger partial charge in [0.25, 0.3) is 5.56 Å². The molecule has 6 nitrogen and oxygen atoms in total. The van der Waals surface area contributed by atoms with Crippen molar-refractivity contribution in [1.29, 1.82) is 0 Å². The number of rotatable bonds is 3. The van der Waals surface area contributed by atoms with Crippen LogP contribution in [0.15, 0.2) is 29.2 Å². The summed E-state index contributed by atoms with van der Waals surface area (Å²) in [5, 5.41) is 1.23. The molecule has 0 amide bonds. The molecule has 0 unspecified atom stereocenters. The number of nitrogens with one attached hydrogen (secondary N) is 1. The Balaban J connectivity index is 1.31. The number of fused-ring (bicyclic) bond motifs is 3. The molecule has 6 heteroatoms. The molecule has 1 fully saturated rings. The second-order valence-electron chi connectivity index (χ2n) is 8.52. The highest BCUT2D eigenvalue weighted by Gasteiger charge is 2.21. The predicted octanol–water partition coefficient (Wildman–Crippen LogP) is 2.77. The summed E-state index contributed by atoms with van der Waals surface area (Å²) in [6, 6.07) is 6.64. The molecule has 2 aromatic heterocycles. The second kappa shape index (κ2) is 7.34. The van der Waals surface area contributed by atoms with E-state index in [9.17, 15) is 4.79 Å². The Morgan fingerprint density at radius 3 is 2.55 bits per heavy atom. The topological polar surface area (TPSA) is 57.2 Å². The zero-order valence-corrected chi connectivity index (χ0v) is 17.4. The van der Waals surface area contributed by atoms with Crippen molar-refractivity contribution < 1.29 is 0 Å². The minimum Gasteiger partial charge on any atom is -0.340 e. The number of aryl methyl sites for hydroxylation is 2. The first-order valence-electron chi connectivity index (χ1n) is 10.7. The number of hydrogen-bond donors (Lipinski definition) is 1. The summed E-state index contributed by atoms with van der Waals surface area (Å²) in [6.07, 6.45) is 6.21. The van der Waals surface area contributed by atoms with E-state index >= 15 is 0 Å². The molecule has 2 aliphatic rings. The van der Waals surface area contributed by atoms with Crippen molar-refractivity contribution in [3.8, 4) is 0 Å². The van der Waals surface area contributed by atoms with E-state index < -0.39 is 0 Å². The van der Waals surface area contributed by atoms with Crippen LogP contribution in [0.3, 0.4) is 0 Å². The van der Waals surface area contributed by atoms with Crippen molar-refractivity contribution in [3.63, 3.8) is 0 Å². The normalized spacial score (nSPS) is 17.7. The molecule has 152 valence electrons. The lowest BCUT2D eigenvalue weighted by molar-refractivity contribution is 0.248. The third-order valence-corrected chi connectivity index (χ3v) is 6.66. The van der Waals surface area contributed by atoms with E-state index in [0.29, 0.717) is 0 Å². The van der Waals surface area contributed by atoms with Crippen LogP contribution >= 0.6 is 0 Å². The van der Waals surface area contributed by atoms with Gasteiger partial charge in [0.1, 0.15) is 0 Å². The van der Waals surface area contributed by atoms with Gasteiger partial charge in [0.05, 0.1) is 6.20 Å². The number of H-pyrrole nitrogens is 1. The van der Waals surface area contributed by atoms with Crippen molar-refractivity contribution in [2.24, 2.45) is 7.05 Å². The Morgan fingerprint density at radius 1 is 1.07 bits per heavy atom. The van der Waals surface area contributed by atoms with Gasteiger partial charge in [0.15, 0.2) is 0 Å².